The molecule has 0 aliphatic rings. The van der Waals surface area contributed by atoms with E-state index in [9.17, 15) is 124 Å². The molecule has 0 aromatic heterocycles. The maximum absolute atomic E-state index is 14.0. The lowest BCUT2D eigenvalue weighted by Gasteiger charge is -2.39. The molecule has 0 aliphatic carbocycles. The van der Waals surface area contributed by atoms with Gasteiger partial charge in [-0.2, -0.15) is 114 Å². The Hall–Kier alpha value is -3.74. The zero-order valence-corrected chi connectivity index (χ0v) is 33.2. The first-order valence-electron chi connectivity index (χ1n) is 17.2. The molecule has 0 heterocycles. The van der Waals surface area contributed by atoms with Crippen LogP contribution >= 0.6 is 23.5 Å². The van der Waals surface area contributed by atoms with Crippen molar-refractivity contribution in [2.45, 2.75) is 120 Å². The van der Waals surface area contributed by atoms with Crippen LogP contribution in [0.2, 0.25) is 0 Å². The molecule has 66 heavy (non-hydrogen) atoms. The number of esters is 2. The van der Waals surface area contributed by atoms with Crippen LogP contribution in [0.3, 0.4) is 0 Å². The maximum Gasteiger partial charge on any atom is 0.460 e. The summed E-state index contributed by atoms with van der Waals surface area (Å²) in [7, 11) is 0. The van der Waals surface area contributed by atoms with Gasteiger partial charge in [0.05, 0.1) is 0 Å². The standard InChI is InChI=1S/C34H24F26O4S2/c35-23(36,25(39,40)27(43,44)29(47,48)31(51,52)33(55,56)57)13-15-65-19-9-5-17(6-10-19)63-21(61)3-1-2-4-22(62)64-18-7-11-20(12-8-18)66-16-14-24(37,38)26(41,42)28(45,46)30(49,50)32(53,54)34(58,59)60/h5-12H,1-4,13-16H2. The second-order valence-electron chi connectivity index (χ2n) is 13.3. The molecule has 0 N–H and O–H groups in total. The van der Waals surface area contributed by atoms with Gasteiger partial charge in [0.15, 0.2) is 0 Å². The first-order chi connectivity index (χ1) is 29.4. The van der Waals surface area contributed by atoms with Crippen LogP contribution in [0, 0.1) is 0 Å². The van der Waals surface area contributed by atoms with E-state index in [2.05, 4.69) is 0 Å². The first kappa shape index (κ1) is 58.4. The number of rotatable bonds is 23. The van der Waals surface area contributed by atoms with Crippen LogP contribution in [-0.2, 0) is 9.59 Å². The van der Waals surface area contributed by atoms with Crippen molar-refractivity contribution in [1.29, 1.82) is 0 Å². The normalized spacial score (nSPS) is 14.6. The number of hydrogen-bond acceptors (Lipinski definition) is 6. The molecule has 2 aromatic rings. The highest BCUT2D eigenvalue weighted by molar-refractivity contribution is 7.99. The van der Waals surface area contributed by atoms with Crippen LogP contribution in [0.1, 0.15) is 38.5 Å². The van der Waals surface area contributed by atoms with Gasteiger partial charge in [0, 0.05) is 47.0 Å². The summed E-state index contributed by atoms with van der Waals surface area (Å²) < 4.78 is 355. The molecule has 0 fully saturated rings. The highest BCUT2D eigenvalue weighted by Gasteiger charge is 2.92. The molecule has 378 valence electrons. The smallest absolute Gasteiger partial charge is 0.427 e. The number of thioether (sulfide) groups is 2. The summed E-state index contributed by atoms with van der Waals surface area (Å²) in [5.41, 5.74) is 0. The average molecular weight is 1050 g/mol. The second-order valence-corrected chi connectivity index (χ2v) is 15.6. The molecular weight excluding hydrogens is 1030 g/mol. The predicted octanol–water partition coefficient (Wildman–Crippen LogP) is 14.2. The first-order valence-corrected chi connectivity index (χ1v) is 19.2. The quantitative estimate of drug-likeness (QED) is 0.0363. The van der Waals surface area contributed by atoms with Gasteiger partial charge in [0.25, 0.3) is 0 Å². The van der Waals surface area contributed by atoms with Gasteiger partial charge in [-0.3, -0.25) is 9.59 Å². The maximum atomic E-state index is 14.0. The van der Waals surface area contributed by atoms with Gasteiger partial charge < -0.3 is 9.47 Å². The second kappa shape index (κ2) is 19.7. The Labute approximate surface area is 360 Å². The van der Waals surface area contributed by atoms with Gasteiger partial charge >= 0.3 is 83.5 Å². The van der Waals surface area contributed by atoms with Gasteiger partial charge in [-0.25, -0.2) is 0 Å². The Morgan fingerprint density at radius 2 is 0.606 bits per heavy atom. The summed E-state index contributed by atoms with van der Waals surface area (Å²) >= 11 is 0.313. The van der Waals surface area contributed by atoms with E-state index >= 15 is 0 Å². The largest absolute Gasteiger partial charge is 0.460 e. The third-order valence-corrected chi connectivity index (χ3v) is 10.5. The lowest BCUT2D eigenvalue weighted by molar-refractivity contribution is -0.439. The summed E-state index contributed by atoms with van der Waals surface area (Å²) in [6.07, 6.45) is -20.9. The molecular formula is C34H24F26O4S2. The van der Waals surface area contributed by atoms with Crippen molar-refractivity contribution in [3.05, 3.63) is 48.5 Å². The van der Waals surface area contributed by atoms with Crippen molar-refractivity contribution >= 4 is 35.5 Å². The minimum Gasteiger partial charge on any atom is -0.427 e. The van der Waals surface area contributed by atoms with Crippen LogP contribution in [0.5, 0.6) is 11.5 Å². The van der Waals surface area contributed by atoms with Crippen LogP contribution in [-0.4, -0.2) is 95.0 Å². The molecule has 0 atom stereocenters. The van der Waals surface area contributed by atoms with E-state index in [1.54, 1.807) is 0 Å². The number of benzene rings is 2. The Balaban J connectivity index is 1.83. The molecule has 2 rings (SSSR count). The summed E-state index contributed by atoms with van der Waals surface area (Å²) in [5, 5.41) is 0. The zero-order chi connectivity index (χ0) is 51.6. The van der Waals surface area contributed by atoms with E-state index in [4.69, 9.17) is 9.47 Å². The predicted molar refractivity (Wildman–Crippen MR) is 175 cm³/mol. The van der Waals surface area contributed by atoms with Crippen molar-refractivity contribution < 1.29 is 133 Å². The number of halogens is 26. The molecule has 0 unspecified atom stereocenters. The van der Waals surface area contributed by atoms with E-state index < -0.39 is 108 Å². The van der Waals surface area contributed by atoms with Gasteiger partial charge in [-0.1, -0.05) is 0 Å². The van der Waals surface area contributed by atoms with Crippen molar-refractivity contribution in [2.24, 2.45) is 0 Å². The van der Waals surface area contributed by atoms with E-state index in [0.717, 1.165) is 48.5 Å². The average Bonchev–Trinajstić information content (AvgIpc) is 3.16. The number of carbonyl (C=O) groups excluding carboxylic acids is 2. The molecule has 0 amide bonds. The Morgan fingerprint density at radius 1 is 0.364 bits per heavy atom. The summed E-state index contributed by atoms with van der Waals surface area (Å²) in [4.78, 5) is 23.9. The molecule has 0 saturated carbocycles. The minimum absolute atomic E-state index is 0.0624. The molecule has 2 aromatic carbocycles. The molecule has 32 heteroatoms. The fourth-order valence-electron chi connectivity index (χ4n) is 4.62. The molecule has 0 saturated heterocycles. The number of hydrogen-bond donors (Lipinski definition) is 0. The highest BCUT2D eigenvalue weighted by Crippen LogP contribution is 2.62. The van der Waals surface area contributed by atoms with Crippen LogP contribution in [0.15, 0.2) is 58.3 Å². The molecule has 4 nitrogen and oxygen atoms in total. The molecule has 0 spiro atoms. The fourth-order valence-corrected chi connectivity index (χ4v) is 6.47. The fraction of sp³-hybridized carbons (Fsp3) is 0.588. The number of ether oxygens (including phenoxy) is 2. The van der Waals surface area contributed by atoms with Crippen molar-refractivity contribution in [3.8, 4) is 11.5 Å². The summed E-state index contributed by atoms with van der Waals surface area (Å²) in [6, 6.07) is 7.76. The van der Waals surface area contributed by atoms with Crippen molar-refractivity contribution in [3.63, 3.8) is 0 Å². The van der Waals surface area contributed by atoms with Gasteiger partial charge in [-0.15, -0.1) is 23.5 Å². The topological polar surface area (TPSA) is 52.6 Å². The van der Waals surface area contributed by atoms with E-state index in [-0.39, 0.29) is 70.5 Å². The van der Waals surface area contributed by atoms with Crippen molar-refractivity contribution in [2.75, 3.05) is 11.5 Å². The van der Waals surface area contributed by atoms with Gasteiger partial charge in [0.2, 0.25) is 0 Å². The SMILES string of the molecule is O=C(CCCCC(=O)Oc1ccc(SCCC(F)(F)C(F)(F)C(F)(F)C(F)(F)C(F)(F)C(F)(F)F)cc1)Oc1ccc(SCCC(F)(F)C(F)(F)C(F)(F)C(F)(F)C(F)(F)C(F)(F)F)cc1. The molecule has 0 bridgehead atoms. The Morgan fingerprint density at radius 3 is 0.848 bits per heavy atom. The summed E-state index contributed by atoms with van der Waals surface area (Å²) in [6.45, 7) is 0. The van der Waals surface area contributed by atoms with E-state index in [0.29, 0.717) is 0 Å². The van der Waals surface area contributed by atoms with Gasteiger partial charge in [-0.05, 0) is 61.4 Å². The van der Waals surface area contributed by atoms with Gasteiger partial charge in [0.1, 0.15) is 11.5 Å². The molecule has 0 aliphatic heterocycles. The number of unbranched alkanes of at least 4 members (excludes halogenated alkanes) is 1. The number of carbonyl (C=O) groups is 2. The monoisotopic (exact) mass is 1050 g/mol. The molecule has 0 radical (unpaired) electrons. The summed E-state index contributed by atoms with van der Waals surface area (Å²) in [5.74, 6) is -80.1. The van der Waals surface area contributed by atoms with Crippen LogP contribution < -0.4 is 9.47 Å². The van der Waals surface area contributed by atoms with E-state index in [1.165, 1.54) is 0 Å². The minimum atomic E-state index is -8.03. The zero-order valence-electron chi connectivity index (χ0n) is 31.6. The highest BCUT2D eigenvalue weighted by atomic mass is 32.2. The van der Waals surface area contributed by atoms with E-state index in [1.807, 2.05) is 0 Å². The third-order valence-electron chi connectivity index (χ3n) is 8.49. The van der Waals surface area contributed by atoms with Crippen LogP contribution in [0.4, 0.5) is 114 Å². The Kier molecular flexibility index (Phi) is 17.4. The van der Waals surface area contributed by atoms with Crippen LogP contribution in [0.25, 0.3) is 0 Å². The lowest BCUT2D eigenvalue weighted by atomic mass is 9.93. The van der Waals surface area contributed by atoms with Crippen molar-refractivity contribution in [1.82, 2.24) is 0 Å². The Bertz CT molecular complexity index is 1810. The third kappa shape index (κ3) is 11.6. The lowest BCUT2D eigenvalue weighted by Crippen LogP contribution is -2.70. The number of alkyl halides is 26.